The van der Waals surface area contributed by atoms with Crippen LogP contribution < -0.4 is 0 Å². The predicted molar refractivity (Wildman–Crippen MR) is 93.2 cm³/mol. The molecule has 4 rings (SSSR count). The zero-order valence-corrected chi connectivity index (χ0v) is 15.0. The van der Waals surface area contributed by atoms with E-state index in [2.05, 4.69) is 0 Å². The minimum absolute atomic E-state index is 0.271. The molecule has 0 radical (unpaired) electrons. The molecule has 0 amide bonds. The summed E-state index contributed by atoms with van der Waals surface area (Å²) in [7, 11) is 0. The normalized spacial score (nSPS) is 27.3. The summed E-state index contributed by atoms with van der Waals surface area (Å²) in [6.45, 7) is 3.79. The van der Waals surface area contributed by atoms with Crippen molar-refractivity contribution < 1.29 is 27.9 Å². The molecule has 0 bridgehead atoms. The maximum absolute atomic E-state index is 13.0. The van der Waals surface area contributed by atoms with E-state index in [1.165, 1.54) is 24.3 Å². The highest BCUT2D eigenvalue weighted by Gasteiger charge is 2.54. The molecule has 1 aromatic heterocycles. The Morgan fingerprint density at radius 1 is 1.26 bits per heavy atom. The maximum atomic E-state index is 13.0. The van der Waals surface area contributed by atoms with Crippen LogP contribution in [0.3, 0.4) is 0 Å². The van der Waals surface area contributed by atoms with Crippen molar-refractivity contribution in [2.24, 2.45) is 5.41 Å². The Balaban J connectivity index is 1.61. The van der Waals surface area contributed by atoms with Crippen molar-refractivity contribution in [1.29, 1.82) is 0 Å². The highest BCUT2D eigenvalue weighted by atomic mass is 19.1. The summed E-state index contributed by atoms with van der Waals surface area (Å²) in [5.41, 5.74) is 1.86. The van der Waals surface area contributed by atoms with E-state index in [-0.39, 0.29) is 11.5 Å². The molecule has 1 aliphatic carbocycles. The van der Waals surface area contributed by atoms with Crippen LogP contribution in [0.2, 0.25) is 0 Å². The first kappa shape index (κ1) is 17.5. The van der Waals surface area contributed by atoms with Gasteiger partial charge in [-0.1, -0.05) is 6.92 Å². The number of rotatable bonds is 3. The number of ether oxygens (including phenoxy) is 2. The zero-order valence-electron chi connectivity index (χ0n) is 15.0. The smallest absolute Gasteiger partial charge is 0.338 e. The van der Waals surface area contributed by atoms with E-state index in [0.717, 1.165) is 5.56 Å². The van der Waals surface area contributed by atoms with E-state index >= 15 is 0 Å². The highest BCUT2D eigenvalue weighted by Crippen LogP contribution is 2.56. The molecule has 0 unspecified atom stereocenters. The van der Waals surface area contributed by atoms with E-state index in [1.54, 1.807) is 25.5 Å². The second-order valence-electron chi connectivity index (χ2n) is 7.26. The molecule has 2 aromatic rings. The number of esters is 2. The van der Waals surface area contributed by atoms with E-state index in [4.69, 9.17) is 13.9 Å². The Hall–Kier alpha value is -2.89. The minimum atomic E-state index is -0.540. The van der Waals surface area contributed by atoms with Crippen LogP contribution in [0.1, 0.15) is 48.7 Å². The van der Waals surface area contributed by atoms with Gasteiger partial charge in [0.1, 0.15) is 18.0 Å². The number of furan rings is 1. The van der Waals surface area contributed by atoms with Gasteiger partial charge in [-0.05, 0) is 55.7 Å². The van der Waals surface area contributed by atoms with E-state index < -0.39 is 29.4 Å². The third-order valence-electron chi connectivity index (χ3n) is 5.56. The van der Waals surface area contributed by atoms with Crippen molar-refractivity contribution in [2.45, 2.75) is 38.9 Å². The van der Waals surface area contributed by atoms with E-state index in [0.29, 0.717) is 24.0 Å². The Morgan fingerprint density at radius 3 is 2.67 bits per heavy atom. The van der Waals surface area contributed by atoms with Crippen LogP contribution >= 0.6 is 0 Å². The van der Waals surface area contributed by atoms with Gasteiger partial charge in [-0.3, -0.25) is 0 Å². The second kappa shape index (κ2) is 6.37. The summed E-state index contributed by atoms with van der Waals surface area (Å²) in [5.74, 6) is -1.35. The van der Waals surface area contributed by atoms with Gasteiger partial charge in [0.05, 0.1) is 18.1 Å². The van der Waals surface area contributed by atoms with Crippen LogP contribution in [0.25, 0.3) is 0 Å². The fourth-order valence-corrected chi connectivity index (χ4v) is 4.13. The lowest BCUT2D eigenvalue weighted by atomic mass is 9.67. The summed E-state index contributed by atoms with van der Waals surface area (Å²) >= 11 is 0. The summed E-state index contributed by atoms with van der Waals surface area (Å²) in [5, 5.41) is 0. The number of hydrogen-bond acceptors (Lipinski definition) is 5. The topological polar surface area (TPSA) is 65.7 Å². The molecule has 5 nitrogen and oxygen atoms in total. The molecule has 1 fully saturated rings. The first-order chi connectivity index (χ1) is 12.9. The molecule has 6 heteroatoms. The molecule has 2 heterocycles. The van der Waals surface area contributed by atoms with Crippen molar-refractivity contribution >= 4 is 11.9 Å². The van der Waals surface area contributed by atoms with Crippen molar-refractivity contribution in [2.75, 3.05) is 0 Å². The van der Waals surface area contributed by atoms with Gasteiger partial charge in [0.2, 0.25) is 0 Å². The van der Waals surface area contributed by atoms with E-state index in [9.17, 15) is 14.0 Å². The number of cyclic esters (lactones) is 1. The average molecular weight is 370 g/mol. The fraction of sp³-hybridized carbons (Fsp3) is 0.333. The zero-order chi connectivity index (χ0) is 19.2. The number of benzene rings is 1. The van der Waals surface area contributed by atoms with Crippen LogP contribution in [0, 0.1) is 11.2 Å². The van der Waals surface area contributed by atoms with Crippen molar-refractivity contribution in [3.05, 3.63) is 70.9 Å². The molecule has 1 saturated heterocycles. The van der Waals surface area contributed by atoms with Gasteiger partial charge in [0.25, 0.3) is 0 Å². The van der Waals surface area contributed by atoms with Crippen LogP contribution in [0.15, 0.2) is 58.4 Å². The summed E-state index contributed by atoms with van der Waals surface area (Å²) in [6.07, 6.45) is 3.41. The van der Waals surface area contributed by atoms with Gasteiger partial charge in [-0.2, -0.15) is 0 Å². The third kappa shape index (κ3) is 2.85. The lowest BCUT2D eigenvalue weighted by Crippen LogP contribution is -2.34. The van der Waals surface area contributed by atoms with Crippen LogP contribution in [-0.4, -0.2) is 18.0 Å². The molecule has 140 valence electrons. The monoisotopic (exact) mass is 370 g/mol. The largest absolute Gasteiger partial charge is 0.472 e. The molecule has 0 saturated carbocycles. The molecular formula is C21H19FO5. The minimum Gasteiger partial charge on any atom is -0.472 e. The van der Waals surface area contributed by atoms with Gasteiger partial charge >= 0.3 is 11.9 Å². The average Bonchev–Trinajstić information content (AvgIpc) is 3.25. The van der Waals surface area contributed by atoms with Crippen molar-refractivity contribution in [1.82, 2.24) is 0 Å². The van der Waals surface area contributed by atoms with Gasteiger partial charge in [0, 0.05) is 16.6 Å². The number of halogens is 1. The Bertz CT molecular complexity index is 913. The highest BCUT2D eigenvalue weighted by molar-refractivity contribution is 5.94. The first-order valence-corrected chi connectivity index (χ1v) is 8.81. The van der Waals surface area contributed by atoms with Gasteiger partial charge < -0.3 is 13.9 Å². The van der Waals surface area contributed by atoms with Gasteiger partial charge in [0.15, 0.2) is 0 Å². The summed E-state index contributed by atoms with van der Waals surface area (Å²) in [4.78, 5) is 25.0. The molecule has 2 aliphatic rings. The van der Waals surface area contributed by atoms with Crippen molar-refractivity contribution in [3.63, 3.8) is 0 Å². The van der Waals surface area contributed by atoms with Gasteiger partial charge in [-0.15, -0.1) is 0 Å². The Labute approximate surface area is 155 Å². The van der Waals surface area contributed by atoms with Crippen LogP contribution in [0.4, 0.5) is 4.39 Å². The second-order valence-corrected chi connectivity index (χ2v) is 7.26. The third-order valence-corrected chi connectivity index (χ3v) is 5.56. The van der Waals surface area contributed by atoms with Crippen LogP contribution in [0.5, 0.6) is 0 Å². The Kier molecular flexibility index (Phi) is 4.13. The maximum Gasteiger partial charge on any atom is 0.338 e. The Morgan fingerprint density at radius 2 is 2.00 bits per heavy atom. The first-order valence-electron chi connectivity index (χ1n) is 8.81. The van der Waals surface area contributed by atoms with Gasteiger partial charge in [-0.25, -0.2) is 14.0 Å². The molecule has 0 N–H and O–H groups in total. The fourth-order valence-electron chi connectivity index (χ4n) is 4.13. The van der Waals surface area contributed by atoms with Crippen LogP contribution in [-0.2, 0) is 14.3 Å². The standard InChI is InChI=1S/C21H19FO5/c1-12-16(26-19(23)13-3-5-15(22)6-4-13)7-9-21(2)17(12)20(24)27-18(21)14-8-10-25-11-14/h3-6,8,10-11,16,18H,7,9H2,1-2H3/t16-,18+,21-/m1/s1. The summed E-state index contributed by atoms with van der Waals surface area (Å²) in [6, 6.07) is 6.98. The number of carbonyl (C=O) groups is 2. The molecule has 1 aromatic carbocycles. The van der Waals surface area contributed by atoms with E-state index in [1.807, 2.05) is 6.92 Å². The number of fused-ring (bicyclic) bond motifs is 1. The molecular weight excluding hydrogens is 351 g/mol. The van der Waals surface area contributed by atoms with Crippen molar-refractivity contribution in [3.8, 4) is 0 Å². The molecule has 3 atom stereocenters. The SMILES string of the molecule is CC1=C2C(=O)O[C@@H](c3ccoc3)[C@]2(C)CC[C@H]1OC(=O)c1ccc(F)cc1. The number of carbonyl (C=O) groups excluding carboxylic acids is 2. The molecule has 0 spiro atoms. The summed E-state index contributed by atoms with van der Waals surface area (Å²) < 4.78 is 29.4. The number of hydrogen-bond donors (Lipinski definition) is 0. The lowest BCUT2D eigenvalue weighted by Gasteiger charge is -2.36. The molecule has 1 aliphatic heterocycles. The predicted octanol–water partition coefficient (Wildman–Crippen LogP) is 4.36. The lowest BCUT2D eigenvalue weighted by molar-refractivity contribution is -0.140. The quantitative estimate of drug-likeness (QED) is 0.751. The molecule has 27 heavy (non-hydrogen) atoms.